The minimum absolute atomic E-state index is 0.166. The monoisotopic (exact) mass is 496 g/mol. The van der Waals surface area contributed by atoms with Crippen molar-refractivity contribution in [2.45, 2.75) is 57.9 Å². The molecule has 2 saturated carbocycles. The van der Waals surface area contributed by atoms with Crippen LogP contribution in [0.15, 0.2) is 72.8 Å². The van der Waals surface area contributed by atoms with E-state index in [1.165, 1.54) is 37.7 Å². The third-order valence-electron chi connectivity index (χ3n) is 8.28. The largest absolute Gasteiger partial charge is 0.478 e. The summed E-state index contributed by atoms with van der Waals surface area (Å²) in [5.41, 5.74) is 4.60. The molecule has 0 spiro atoms. The Kier molecular flexibility index (Phi) is 7.05. The summed E-state index contributed by atoms with van der Waals surface area (Å²) in [5, 5.41) is 15.6. The van der Waals surface area contributed by atoms with Crippen molar-refractivity contribution in [3.05, 3.63) is 95.1 Å². The summed E-state index contributed by atoms with van der Waals surface area (Å²) in [6.07, 6.45) is 6.72. The van der Waals surface area contributed by atoms with Crippen molar-refractivity contribution >= 4 is 23.3 Å². The highest BCUT2D eigenvalue weighted by Gasteiger charge is 2.41. The van der Waals surface area contributed by atoms with Crippen LogP contribution in [-0.4, -0.2) is 17.0 Å². The van der Waals surface area contributed by atoms with Gasteiger partial charge in [-0.3, -0.25) is 4.79 Å². The Morgan fingerprint density at radius 3 is 2.32 bits per heavy atom. The molecule has 3 aromatic rings. The molecule has 5 rings (SSSR count). The number of benzene rings is 3. The number of hydrogen-bond acceptors (Lipinski definition) is 3. The van der Waals surface area contributed by atoms with Crippen LogP contribution in [-0.2, 0) is 12.0 Å². The van der Waals surface area contributed by atoms with E-state index in [1.54, 1.807) is 42.5 Å². The van der Waals surface area contributed by atoms with E-state index in [0.717, 1.165) is 23.3 Å². The molecule has 2 fully saturated rings. The third-order valence-corrected chi connectivity index (χ3v) is 8.28. The Morgan fingerprint density at radius 1 is 0.919 bits per heavy atom. The van der Waals surface area contributed by atoms with Crippen LogP contribution >= 0.6 is 0 Å². The Hall–Kier alpha value is -3.60. The van der Waals surface area contributed by atoms with Gasteiger partial charge in [-0.05, 0) is 96.7 Å². The molecule has 0 heterocycles. The molecule has 3 aromatic carbocycles. The molecule has 0 radical (unpaired) electrons. The number of nitrogens with one attached hydrogen (secondary N) is 2. The van der Waals surface area contributed by atoms with Crippen molar-refractivity contribution in [3.8, 4) is 0 Å². The van der Waals surface area contributed by atoms with Crippen molar-refractivity contribution < 1.29 is 14.7 Å². The van der Waals surface area contributed by atoms with Crippen molar-refractivity contribution in [1.82, 2.24) is 5.32 Å². The first-order valence-electron chi connectivity index (χ1n) is 13.4. The predicted octanol–water partition coefficient (Wildman–Crippen LogP) is 7.16. The maximum atomic E-state index is 12.9. The van der Waals surface area contributed by atoms with E-state index in [4.69, 9.17) is 0 Å². The minimum Gasteiger partial charge on any atom is -0.478 e. The van der Waals surface area contributed by atoms with Gasteiger partial charge in [-0.15, -0.1) is 0 Å². The fourth-order valence-corrected chi connectivity index (χ4v) is 6.81. The lowest BCUT2D eigenvalue weighted by molar-refractivity contribution is 0.0697. The maximum absolute atomic E-state index is 12.9. The molecule has 0 aliphatic heterocycles. The van der Waals surface area contributed by atoms with E-state index in [2.05, 4.69) is 48.7 Å². The molecule has 2 aliphatic rings. The SMILES string of the molecule is CC1CC2CC(C1)CC(C)(c1ccc(CNC(=O)c3cccc(Nc4ccccc4C(=O)O)c3)cc1)C2. The van der Waals surface area contributed by atoms with Crippen LogP contribution in [0.3, 0.4) is 0 Å². The number of rotatable bonds is 7. The Morgan fingerprint density at radius 2 is 1.62 bits per heavy atom. The summed E-state index contributed by atoms with van der Waals surface area (Å²) in [5.74, 6) is 1.42. The van der Waals surface area contributed by atoms with Crippen molar-refractivity contribution in [3.63, 3.8) is 0 Å². The summed E-state index contributed by atoms with van der Waals surface area (Å²) in [7, 11) is 0. The van der Waals surface area contributed by atoms with Gasteiger partial charge in [0.2, 0.25) is 0 Å². The molecular formula is C32H36N2O3. The molecule has 1 amide bonds. The Bertz CT molecular complexity index is 1270. The second kappa shape index (κ2) is 10.4. The summed E-state index contributed by atoms with van der Waals surface area (Å²) in [4.78, 5) is 24.4. The lowest BCUT2D eigenvalue weighted by atomic mass is 9.57. The van der Waals surface area contributed by atoms with Crippen LogP contribution in [0.4, 0.5) is 11.4 Å². The van der Waals surface area contributed by atoms with Gasteiger partial charge in [0.15, 0.2) is 0 Å². The second-order valence-corrected chi connectivity index (χ2v) is 11.4. The molecule has 0 aromatic heterocycles. The van der Waals surface area contributed by atoms with Crippen molar-refractivity contribution in [2.24, 2.45) is 17.8 Å². The van der Waals surface area contributed by atoms with E-state index >= 15 is 0 Å². The first kappa shape index (κ1) is 25.1. The molecule has 3 N–H and O–H groups in total. The zero-order valence-corrected chi connectivity index (χ0v) is 21.7. The second-order valence-electron chi connectivity index (χ2n) is 11.4. The number of carbonyl (C=O) groups excluding carboxylic acids is 1. The molecular weight excluding hydrogens is 460 g/mol. The number of hydrogen-bond donors (Lipinski definition) is 3. The van der Waals surface area contributed by atoms with Gasteiger partial charge in [0.25, 0.3) is 5.91 Å². The van der Waals surface area contributed by atoms with Crippen LogP contribution in [0.25, 0.3) is 0 Å². The molecule has 2 atom stereocenters. The summed E-state index contributed by atoms with van der Waals surface area (Å²) >= 11 is 0. The van der Waals surface area contributed by atoms with Crippen LogP contribution in [0.5, 0.6) is 0 Å². The summed E-state index contributed by atoms with van der Waals surface area (Å²) in [6.45, 7) is 5.31. The normalized spacial score (nSPS) is 24.8. The topological polar surface area (TPSA) is 78.4 Å². The molecule has 2 aliphatic carbocycles. The van der Waals surface area contributed by atoms with Crippen LogP contribution < -0.4 is 10.6 Å². The molecule has 37 heavy (non-hydrogen) atoms. The van der Waals surface area contributed by atoms with Gasteiger partial charge in [0.05, 0.1) is 11.3 Å². The maximum Gasteiger partial charge on any atom is 0.337 e. The van der Waals surface area contributed by atoms with Gasteiger partial charge < -0.3 is 15.7 Å². The van der Waals surface area contributed by atoms with E-state index in [1.807, 2.05) is 6.07 Å². The fourth-order valence-electron chi connectivity index (χ4n) is 6.81. The van der Waals surface area contributed by atoms with E-state index < -0.39 is 5.97 Å². The lowest BCUT2D eigenvalue weighted by Gasteiger charge is -2.47. The molecule has 5 heteroatoms. The number of para-hydroxylation sites is 1. The van der Waals surface area contributed by atoms with Gasteiger partial charge in [-0.25, -0.2) is 4.79 Å². The zero-order valence-electron chi connectivity index (χ0n) is 21.7. The van der Waals surface area contributed by atoms with E-state index in [9.17, 15) is 14.7 Å². The molecule has 2 bridgehead atoms. The highest BCUT2D eigenvalue weighted by molar-refractivity contribution is 5.97. The number of anilines is 2. The number of carbonyl (C=O) groups is 2. The molecule has 2 unspecified atom stereocenters. The molecule has 5 nitrogen and oxygen atoms in total. The molecule has 192 valence electrons. The first-order valence-corrected chi connectivity index (χ1v) is 13.4. The predicted molar refractivity (Wildman–Crippen MR) is 147 cm³/mol. The minimum atomic E-state index is -1.00. The third kappa shape index (κ3) is 5.71. The highest BCUT2D eigenvalue weighted by atomic mass is 16.4. The number of carboxylic acid groups (broad SMARTS) is 1. The lowest BCUT2D eigenvalue weighted by Crippen LogP contribution is -2.38. The summed E-state index contributed by atoms with van der Waals surface area (Å²) < 4.78 is 0. The van der Waals surface area contributed by atoms with Crippen LogP contribution in [0, 0.1) is 17.8 Å². The average Bonchev–Trinajstić information content (AvgIpc) is 2.87. The Balaban J connectivity index is 1.20. The quantitative estimate of drug-likeness (QED) is 0.324. The van der Waals surface area contributed by atoms with Crippen molar-refractivity contribution in [1.29, 1.82) is 0 Å². The van der Waals surface area contributed by atoms with Gasteiger partial charge >= 0.3 is 5.97 Å². The molecule has 0 saturated heterocycles. The van der Waals surface area contributed by atoms with Gasteiger partial charge in [0, 0.05) is 17.8 Å². The van der Waals surface area contributed by atoms with E-state index in [-0.39, 0.29) is 16.9 Å². The van der Waals surface area contributed by atoms with Crippen LogP contribution in [0.1, 0.15) is 77.8 Å². The van der Waals surface area contributed by atoms with Gasteiger partial charge in [-0.2, -0.15) is 0 Å². The number of amides is 1. The van der Waals surface area contributed by atoms with Gasteiger partial charge in [-0.1, -0.05) is 56.3 Å². The van der Waals surface area contributed by atoms with Crippen molar-refractivity contribution in [2.75, 3.05) is 5.32 Å². The highest BCUT2D eigenvalue weighted by Crippen LogP contribution is 2.51. The fraction of sp³-hybridized carbons (Fsp3) is 0.375. The van der Waals surface area contributed by atoms with E-state index in [0.29, 0.717) is 23.5 Å². The number of aromatic carboxylic acids is 1. The standard InChI is InChI=1S/C32H36N2O3/c1-21-14-23-16-24(15-21)19-32(2,18-23)26-12-10-22(11-13-26)20-33-30(35)25-6-5-7-27(17-25)34-29-9-4-3-8-28(29)31(36)37/h3-13,17,21,23-24,34H,14-16,18-20H2,1-2H3,(H,33,35)(H,36,37). The number of carboxylic acids is 1. The first-order chi connectivity index (χ1) is 17.8. The number of fused-ring (bicyclic) bond motifs is 2. The van der Waals surface area contributed by atoms with Gasteiger partial charge in [0.1, 0.15) is 0 Å². The zero-order chi connectivity index (χ0) is 26.0. The smallest absolute Gasteiger partial charge is 0.337 e. The summed E-state index contributed by atoms with van der Waals surface area (Å²) in [6, 6.07) is 22.6. The Labute approximate surface area is 219 Å². The van der Waals surface area contributed by atoms with Crippen LogP contribution in [0.2, 0.25) is 0 Å². The average molecular weight is 497 g/mol.